The number of hydrogen-bond donors (Lipinski definition) is 0. The molecule has 0 bridgehead atoms. The Balaban J connectivity index is 2.01. The highest BCUT2D eigenvalue weighted by atomic mass is 16.6. The predicted molar refractivity (Wildman–Crippen MR) is 48.7 cm³/mol. The third-order valence-corrected chi connectivity index (χ3v) is 3.23. The van der Waals surface area contributed by atoms with Gasteiger partial charge < -0.3 is 14.2 Å². The Kier molecular flexibility index (Phi) is 2.86. The lowest BCUT2D eigenvalue weighted by Crippen LogP contribution is -2.41. The van der Waals surface area contributed by atoms with Crippen LogP contribution in [0.3, 0.4) is 0 Å². The molecule has 1 heterocycles. The fraction of sp³-hybridized carbons (Fsp3) is 1.00. The van der Waals surface area contributed by atoms with Crippen LogP contribution in [0, 0.1) is 5.92 Å². The van der Waals surface area contributed by atoms with Crippen LogP contribution in [0.5, 0.6) is 0 Å². The Hall–Kier alpha value is -0.120. The molecule has 13 heavy (non-hydrogen) atoms. The summed E-state index contributed by atoms with van der Waals surface area (Å²) in [5.74, 6) is 0.462. The molecule has 1 aliphatic carbocycles. The second kappa shape index (κ2) is 3.95. The molecule has 3 unspecified atom stereocenters. The molecule has 2 fully saturated rings. The van der Waals surface area contributed by atoms with Gasteiger partial charge >= 0.3 is 0 Å². The zero-order valence-corrected chi connectivity index (χ0v) is 8.36. The van der Waals surface area contributed by atoms with E-state index >= 15 is 0 Å². The fourth-order valence-corrected chi connectivity index (χ4v) is 2.45. The Morgan fingerprint density at radius 1 is 1.08 bits per heavy atom. The van der Waals surface area contributed by atoms with E-state index in [-0.39, 0.29) is 0 Å². The molecule has 0 aromatic carbocycles. The average molecular weight is 186 g/mol. The summed E-state index contributed by atoms with van der Waals surface area (Å²) in [6.07, 6.45) is 4.59. The number of methoxy groups -OCH3 is 2. The van der Waals surface area contributed by atoms with Crippen LogP contribution in [0.1, 0.15) is 19.3 Å². The SMILES string of the molecule is COC1CCC[C@@H](OC)C1C1CO1. The lowest BCUT2D eigenvalue weighted by Gasteiger charge is -2.35. The summed E-state index contributed by atoms with van der Waals surface area (Å²) in [6, 6.07) is 0. The van der Waals surface area contributed by atoms with Crippen molar-refractivity contribution in [3.63, 3.8) is 0 Å². The van der Waals surface area contributed by atoms with Crippen molar-refractivity contribution in [2.75, 3.05) is 20.8 Å². The number of ether oxygens (including phenoxy) is 3. The number of hydrogen-bond acceptors (Lipinski definition) is 3. The van der Waals surface area contributed by atoms with E-state index in [0.717, 1.165) is 19.4 Å². The highest BCUT2D eigenvalue weighted by Crippen LogP contribution is 2.36. The summed E-state index contributed by atoms with van der Waals surface area (Å²) in [6.45, 7) is 0.893. The van der Waals surface area contributed by atoms with Crippen molar-refractivity contribution < 1.29 is 14.2 Å². The van der Waals surface area contributed by atoms with Gasteiger partial charge in [0.25, 0.3) is 0 Å². The minimum atomic E-state index is 0.339. The highest BCUT2D eigenvalue weighted by Gasteiger charge is 2.45. The summed E-state index contributed by atoms with van der Waals surface area (Å²) >= 11 is 0. The normalized spacial score (nSPS) is 44.8. The lowest BCUT2D eigenvalue weighted by molar-refractivity contribution is -0.0721. The molecular weight excluding hydrogens is 168 g/mol. The quantitative estimate of drug-likeness (QED) is 0.621. The topological polar surface area (TPSA) is 31.0 Å². The standard InChI is InChI=1S/C10H18O3/c1-11-7-4-3-5-8(12-2)10(7)9-6-13-9/h7-10H,3-6H2,1-2H3/t7-,8?,9?,10?/m1/s1. The molecular formula is C10H18O3. The maximum atomic E-state index is 5.48. The maximum Gasteiger partial charge on any atom is 0.0887 e. The molecule has 0 aromatic rings. The van der Waals surface area contributed by atoms with Crippen LogP contribution >= 0.6 is 0 Å². The van der Waals surface area contributed by atoms with E-state index in [1.54, 1.807) is 14.2 Å². The van der Waals surface area contributed by atoms with Gasteiger partial charge in [-0.3, -0.25) is 0 Å². The summed E-state index contributed by atoms with van der Waals surface area (Å²) in [4.78, 5) is 0. The largest absolute Gasteiger partial charge is 0.381 e. The van der Waals surface area contributed by atoms with Crippen molar-refractivity contribution in [3.8, 4) is 0 Å². The molecule has 2 rings (SSSR count). The van der Waals surface area contributed by atoms with Crippen molar-refractivity contribution in [3.05, 3.63) is 0 Å². The average Bonchev–Trinajstić information content (AvgIpc) is 3.00. The summed E-state index contributed by atoms with van der Waals surface area (Å²) in [7, 11) is 3.58. The third-order valence-electron chi connectivity index (χ3n) is 3.23. The van der Waals surface area contributed by atoms with Crippen molar-refractivity contribution >= 4 is 0 Å². The van der Waals surface area contributed by atoms with Crippen LogP contribution in [0.25, 0.3) is 0 Å². The van der Waals surface area contributed by atoms with Gasteiger partial charge in [0, 0.05) is 20.1 Å². The smallest absolute Gasteiger partial charge is 0.0887 e. The van der Waals surface area contributed by atoms with Gasteiger partial charge in [-0.25, -0.2) is 0 Å². The molecule has 1 saturated heterocycles. The summed E-state index contributed by atoms with van der Waals surface area (Å²) in [5, 5.41) is 0. The first-order valence-corrected chi connectivity index (χ1v) is 5.04. The van der Waals surface area contributed by atoms with Crippen LogP contribution in [0.4, 0.5) is 0 Å². The molecule has 2 aliphatic rings. The Bertz CT molecular complexity index is 156. The van der Waals surface area contributed by atoms with E-state index in [4.69, 9.17) is 14.2 Å². The second-order valence-electron chi connectivity index (χ2n) is 3.93. The van der Waals surface area contributed by atoms with Crippen molar-refractivity contribution in [2.24, 2.45) is 5.92 Å². The van der Waals surface area contributed by atoms with Gasteiger partial charge in [0.2, 0.25) is 0 Å². The van der Waals surface area contributed by atoms with Gasteiger partial charge in [-0.05, 0) is 19.3 Å². The van der Waals surface area contributed by atoms with E-state index in [0.29, 0.717) is 24.2 Å². The molecule has 0 N–H and O–H groups in total. The van der Waals surface area contributed by atoms with Crippen LogP contribution in [-0.2, 0) is 14.2 Å². The molecule has 0 spiro atoms. The molecule has 1 aliphatic heterocycles. The molecule has 4 atom stereocenters. The molecule has 0 aromatic heterocycles. The van der Waals surface area contributed by atoms with Crippen LogP contribution in [-0.4, -0.2) is 39.1 Å². The Morgan fingerprint density at radius 2 is 1.62 bits per heavy atom. The molecule has 0 amide bonds. The zero-order valence-electron chi connectivity index (χ0n) is 8.36. The molecule has 3 heteroatoms. The van der Waals surface area contributed by atoms with E-state index in [1.165, 1.54) is 6.42 Å². The van der Waals surface area contributed by atoms with Gasteiger partial charge in [-0.2, -0.15) is 0 Å². The van der Waals surface area contributed by atoms with E-state index < -0.39 is 0 Å². The fourth-order valence-electron chi connectivity index (χ4n) is 2.45. The van der Waals surface area contributed by atoms with Crippen LogP contribution in [0.2, 0.25) is 0 Å². The van der Waals surface area contributed by atoms with Gasteiger partial charge in [0.15, 0.2) is 0 Å². The van der Waals surface area contributed by atoms with E-state index in [9.17, 15) is 0 Å². The lowest BCUT2D eigenvalue weighted by atomic mass is 9.82. The summed E-state index contributed by atoms with van der Waals surface area (Å²) in [5.41, 5.74) is 0. The highest BCUT2D eigenvalue weighted by molar-refractivity contribution is 4.93. The second-order valence-corrected chi connectivity index (χ2v) is 3.93. The number of epoxide rings is 1. The van der Waals surface area contributed by atoms with E-state index in [1.807, 2.05) is 0 Å². The van der Waals surface area contributed by atoms with Crippen LogP contribution < -0.4 is 0 Å². The van der Waals surface area contributed by atoms with Gasteiger partial charge in [0.1, 0.15) is 0 Å². The molecule has 0 radical (unpaired) electrons. The van der Waals surface area contributed by atoms with Crippen molar-refractivity contribution in [2.45, 2.75) is 37.6 Å². The Labute approximate surface area is 79.4 Å². The number of rotatable bonds is 3. The summed E-state index contributed by atoms with van der Waals surface area (Å²) < 4.78 is 16.3. The minimum absolute atomic E-state index is 0.339. The first-order valence-electron chi connectivity index (χ1n) is 5.04. The first-order chi connectivity index (χ1) is 6.36. The third kappa shape index (κ3) is 1.87. The first kappa shape index (κ1) is 9.44. The zero-order chi connectivity index (χ0) is 9.26. The predicted octanol–water partition coefficient (Wildman–Crippen LogP) is 1.22. The van der Waals surface area contributed by atoms with Crippen molar-refractivity contribution in [1.82, 2.24) is 0 Å². The molecule has 1 saturated carbocycles. The van der Waals surface area contributed by atoms with Crippen molar-refractivity contribution in [1.29, 1.82) is 0 Å². The minimum Gasteiger partial charge on any atom is -0.381 e. The van der Waals surface area contributed by atoms with Gasteiger partial charge in [0.05, 0.1) is 24.9 Å². The molecule has 76 valence electrons. The monoisotopic (exact) mass is 186 g/mol. The maximum absolute atomic E-state index is 5.48. The molecule has 3 nitrogen and oxygen atoms in total. The Morgan fingerprint density at radius 3 is 2.00 bits per heavy atom. The van der Waals surface area contributed by atoms with Crippen LogP contribution in [0.15, 0.2) is 0 Å². The van der Waals surface area contributed by atoms with Gasteiger partial charge in [-0.15, -0.1) is 0 Å². The van der Waals surface area contributed by atoms with Gasteiger partial charge in [-0.1, -0.05) is 0 Å². The van der Waals surface area contributed by atoms with E-state index in [2.05, 4.69) is 0 Å².